The Morgan fingerprint density at radius 2 is 1.80 bits per heavy atom. The van der Waals surface area contributed by atoms with Crippen molar-refractivity contribution in [2.75, 3.05) is 0 Å². The van der Waals surface area contributed by atoms with Gasteiger partial charge in [0.2, 0.25) is 0 Å². The number of hydrogen-bond donors (Lipinski definition) is 1. The summed E-state index contributed by atoms with van der Waals surface area (Å²) in [5.74, 6) is 0. The fourth-order valence-electron chi connectivity index (χ4n) is 3.20. The Hall–Kier alpha value is -1.87. The van der Waals surface area contributed by atoms with Gasteiger partial charge in [-0.05, 0) is 68.0 Å². The highest BCUT2D eigenvalue weighted by molar-refractivity contribution is 5.44. The predicted molar refractivity (Wildman–Crippen MR) is 81.4 cm³/mol. The largest absolute Gasteiger partial charge is 0.326 e. The van der Waals surface area contributed by atoms with Crippen LogP contribution in [0.3, 0.4) is 0 Å². The van der Waals surface area contributed by atoms with E-state index in [2.05, 4.69) is 32.0 Å². The molecular formula is C17H20N2O. The number of fused-ring (bicyclic) bond motifs is 1. The standard InChI is InChI=1S/C17H20N2O/c1-11-6-12(2)8-15(7-11)19-16-5-3-4-13(16)9-14(10-18)17(19)20/h6-9H,3-5,10,18H2,1-2H3. The second kappa shape index (κ2) is 4.91. The van der Waals surface area contributed by atoms with Crippen LogP contribution in [0.5, 0.6) is 0 Å². The van der Waals surface area contributed by atoms with E-state index >= 15 is 0 Å². The molecule has 0 fully saturated rings. The molecule has 2 aromatic rings. The Bertz CT molecular complexity index is 708. The first-order chi connectivity index (χ1) is 9.60. The van der Waals surface area contributed by atoms with E-state index in [9.17, 15) is 4.79 Å². The average molecular weight is 268 g/mol. The molecule has 2 N–H and O–H groups in total. The van der Waals surface area contributed by atoms with Crippen LogP contribution in [0.4, 0.5) is 0 Å². The summed E-state index contributed by atoms with van der Waals surface area (Å²) in [7, 11) is 0. The second-order valence-electron chi connectivity index (χ2n) is 5.69. The molecule has 1 aromatic heterocycles. The van der Waals surface area contributed by atoms with Gasteiger partial charge in [-0.25, -0.2) is 0 Å². The fourth-order valence-corrected chi connectivity index (χ4v) is 3.20. The Labute approximate surface area is 119 Å². The van der Waals surface area contributed by atoms with Crippen molar-refractivity contribution in [1.29, 1.82) is 0 Å². The summed E-state index contributed by atoms with van der Waals surface area (Å²) in [5, 5.41) is 0. The van der Waals surface area contributed by atoms with Crippen LogP contribution in [0.15, 0.2) is 29.1 Å². The van der Waals surface area contributed by atoms with Crippen molar-refractivity contribution in [1.82, 2.24) is 4.57 Å². The van der Waals surface area contributed by atoms with Gasteiger partial charge in [0.1, 0.15) is 0 Å². The zero-order valence-corrected chi connectivity index (χ0v) is 12.1. The monoisotopic (exact) mass is 268 g/mol. The molecule has 3 nitrogen and oxygen atoms in total. The van der Waals surface area contributed by atoms with Crippen LogP contribution in [-0.4, -0.2) is 4.57 Å². The van der Waals surface area contributed by atoms with Gasteiger partial charge in [0.15, 0.2) is 0 Å². The molecule has 0 saturated heterocycles. The molecule has 0 atom stereocenters. The zero-order chi connectivity index (χ0) is 14.3. The van der Waals surface area contributed by atoms with E-state index in [-0.39, 0.29) is 5.56 Å². The first-order valence-electron chi connectivity index (χ1n) is 7.15. The van der Waals surface area contributed by atoms with Crippen LogP contribution in [-0.2, 0) is 19.4 Å². The van der Waals surface area contributed by atoms with E-state index in [1.165, 1.54) is 16.7 Å². The molecule has 0 bridgehead atoms. The van der Waals surface area contributed by atoms with Crippen molar-refractivity contribution in [3.8, 4) is 5.69 Å². The number of nitrogens with zero attached hydrogens (tertiary/aromatic N) is 1. The van der Waals surface area contributed by atoms with Gasteiger partial charge in [-0.15, -0.1) is 0 Å². The normalized spacial score (nSPS) is 13.6. The van der Waals surface area contributed by atoms with Crippen molar-refractivity contribution < 1.29 is 0 Å². The maximum Gasteiger partial charge on any atom is 0.259 e. The van der Waals surface area contributed by atoms with Crippen LogP contribution < -0.4 is 11.3 Å². The smallest absolute Gasteiger partial charge is 0.259 e. The van der Waals surface area contributed by atoms with Crippen molar-refractivity contribution >= 4 is 0 Å². The SMILES string of the molecule is Cc1cc(C)cc(-n2c3c(cc(CN)c2=O)CCC3)c1. The Morgan fingerprint density at radius 1 is 1.10 bits per heavy atom. The molecule has 0 amide bonds. The number of nitrogens with two attached hydrogens (primary N) is 1. The molecule has 1 aromatic carbocycles. The molecular weight excluding hydrogens is 248 g/mol. The van der Waals surface area contributed by atoms with E-state index in [1.807, 2.05) is 10.6 Å². The van der Waals surface area contributed by atoms with Crippen LogP contribution in [0.1, 0.15) is 34.4 Å². The summed E-state index contributed by atoms with van der Waals surface area (Å²) in [6.45, 7) is 4.43. The summed E-state index contributed by atoms with van der Waals surface area (Å²) in [5.41, 5.74) is 12.3. The minimum absolute atomic E-state index is 0.0400. The van der Waals surface area contributed by atoms with Gasteiger partial charge in [-0.3, -0.25) is 9.36 Å². The molecule has 0 unspecified atom stereocenters. The maximum absolute atomic E-state index is 12.7. The highest BCUT2D eigenvalue weighted by atomic mass is 16.1. The van der Waals surface area contributed by atoms with Gasteiger partial charge >= 0.3 is 0 Å². The van der Waals surface area contributed by atoms with E-state index in [1.54, 1.807) is 0 Å². The van der Waals surface area contributed by atoms with Crippen LogP contribution in [0, 0.1) is 13.8 Å². The molecule has 0 radical (unpaired) electrons. The number of aromatic nitrogens is 1. The van der Waals surface area contributed by atoms with Gasteiger partial charge in [0.25, 0.3) is 5.56 Å². The third-order valence-corrected chi connectivity index (χ3v) is 4.01. The molecule has 0 aliphatic heterocycles. The van der Waals surface area contributed by atoms with Crippen molar-refractivity contribution in [2.24, 2.45) is 5.73 Å². The number of hydrogen-bond acceptors (Lipinski definition) is 2. The molecule has 104 valence electrons. The lowest BCUT2D eigenvalue weighted by Gasteiger charge is -2.15. The first kappa shape index (κ1) is 13.1. The third-order valence-electron chi connectivity index (χ3n) is 4.01. The topological polar surface area (TPSA) is 48.0 Å². The minimum Gasteiger partial charge on any atom is -0.326 e. The van der Waals surface area contributed by atoms with Gasteiger partial charge in [-0.1, -0.05) is 6.07 Å². The second-order valence-corrected chi connectivity index (χ2v) is 5.69. The summed E-state index contributed by atoms with van der Waals surface area (Å²) in [6.07, 6.45) is 3.14. The van der Waals surface area contributed by atoms with Crippen LogP contribution >= 0.6 is 0 Å². The Kier molecular flexibility index (Phi) is 3.22. The molecule has 0 saturated carbocycles. The molecule has 0 spiro atoms. The van der Waals surface area contributed by atoms with Crippen LogP contribution in [0.25, 0.3) is 5.69 Å². The molecule has 1 heterocycles. The van der Waals surface area contributed by atoms with Gasteiger partial charge in [-0.2, -0.15) is 0 Å². The quantitative estimate of drug-likeness (QED) is 0.909. The third kappa shape index (κ3) is 2.08. The van der Waals surface area contributed by atoms with Crippen molar-refractivity contribution in [2.45, 2.75) is 39.7 Å². The summed E-state index contributed by atoms with van der Waals surface area (Å²) in [6, 6.07) is 8.28. The Morgan fingerprint density at radius 3 is 2.45 bits per heavy atom. The highest BCUT2D eigenvalue weighted by Gasteiger charge is 2.19. The number of pyridine rings is 1. The molecule has 1 aliphatic rings. The highest BCUT2D eigenvalue weighted by Crippen LogP contribution is 2.24. The fraction of sp³-hybridized carbons (Fsp3) is 0.353. The van der Waals surface area contributed by atoms with Crippen LogP contribution in [0.2, 0.25) is 0 Å². The van der Waals surface area contributed by atoms with E-state index in [0.717, 1.165) is 30.6 Å². The number of rotatable bonds is 2. The lowest BCUT2D eigenvalue weighted by molar-refractivity contribution is 0.837. The van der Waals surface area contributed by atoms with Gasteiger partial charge < -0.3 is 5.73 Å². The maximum atomic E-state index is 12.7. The molecule has 3 rings (SSSR count). The summed E-state index contributed by atoms with van der Waals surface area (Å²) in [4.78, 5) is 12.7. The summed E-state index contributed by atoms with van der Waals surface area (Å²) >= 11 is 0. The predicted octanol–water partition coefficient (Wildman–Crippen LogP) is 2.40. The molecule has 1 aliphatic carbocycles. The van der Waals surface area contributed by atoms with Gasteiger partial charge in [0, 0.05) is 23.5 Å². The lowest BCUT2D eigenvalue weighted by Crippen LogP contribution is -2.27. The van der Waals surface area contributed by atoms with E-state index in [0.29, 0.717) is 12.1 Å². The average Bonchev–Trinajstić information content (AvgIpc) is 2.84. The zero-order valence-electron chi connectivity index (χ0n) is 12.1. The Balaban J connectivity index is 2.32. The minimum atomic E-state index is 0.0400. The number of benzene rings is 1. The molecule has 20 heavy (non-hydrogen) atoms. The van der Waals surface area contributed by atoms with Gasteiger partial charge in [0.05, 0.1) is 0 Å². The summed E-state index contributed by atoms with van der Waals surface area (Å²) < 4.78 is 1.88. The van der Waals surface area contributed by atoms with Crippen molar-refractivity contribution in [3.05, 3.63) is 62.6 Å². The van der Waals surface area contributed by atoms with E-state index in [4.69, 9.17) is 5.73 Å². The number of aryl methyl sites for hydroxylation is 3. The first-order valence-corrected chi connectivity index (χ1v) is 7.15. The lowest BCUT2D eigenvalue weighted by atomic mass is 10.1. The van der Waals surface area contributed by atoms with Crippen molar-refractivity contribution in [3.63, 3.8) is 0 Å². The molecule has 3 heteroatoms. The van der Waals surface area contributed by atoms with E-state index < -0.39 is 0 Å².